The third-order valence-electron chi connectivity index (χ3n) is 4.83. The van der Waals surface area contributed by atoms with E-state index in [1.54, 1.807) is 17.8 Å². The zero-order chi connectivity index (χ0) is 19.1. The molecule has 0 aliphatic rings. The molecule has 27 heavy (non-hydrogen) atoms. The van der Waals surface area contributed by atoms with Crippen LogP contribution in [-0.2, 0) is 13.6 Å². The van der Waals surface area contributed by atoms with Gasteiger partial charge in [0.25, 0.3) is 5.56 Å². The van der Waals surface area contributed by atoms with E-state index in [2.05, 4.69) is 36.2 Å². The van der Waals surface area contributed by atoms with Crippen LogP contribution in [0.4, 0.5) is 0 Å². The maximum Gasteiger partial charge on any atom is 0.275 e. The standard InChI is InChI=1S/C21H19ClN4O/c1-13-8-9-15(10-14(13)2)20-17-6-4-5-7-18(17)21(27)26(24-20)12-16-11-19(22)25(3)23-16/h4-11H,12H2,1-3H3. The molecule has 0 radical (unpaired) electrons. The van der Waals surface area contributed by atoms with Gasteiger partial charge in [0.15, 0.2) is 0 Å². The van der Waals surface area contributed by atoms with E-state index in [-0.39, 0.29) is 12.1 Å². The lowest BCUT2D eigenvalue weighted by molar-refractivity contribution is 0.624. The van der Waals surface area contributed by atoms with Gasteiger partial charge in [-0.2, -0.15) is 10.2 Å². The van der Waals surface area contributed by atoms with Crippen molar-refractivity contribution in [2.24, 2.45) is 7.05 Å². The van der Waals surface area contributed by atoms with Crippen LogP contribution in [0, 0.1) is 13.8 Å². The summed E-state index contributed by atoms with van der Waals surface area (Å²) in [4.78, 5) is 13.0. The number of rotatable bonds is 3. The molecule has 0 saturated heterocycles. The van der Waals surface area contributed by atoms with Crippen LogP contribution in [0.15, 0.2) is 53.3 Å². The first-order chi connectivity index (χ1) is 12.9. The first kappa shape index (κ1) is 17.5. The molecule has 0 fully saturated rings. The van der Waals surface area contributed by atoms with Crippen molar-refractivity contribution in [1.29, 1.82) is 0 Å². The van der Waals surface area contributed by atoms with Gasteiger partial charge in [-0.15, -0.1) is 0 Å². The van der Waals surface area contributed by atoms with Crippen molar-refractivity contribution in [2.45, 2.75) is 20.4 Å². The van der Waals surface area contributed by atoms with E-state index in [0.29, 0.717) is 16.2 Å². The number of hydrogen-bond acceptors (Lipinski definition) is 3. The van der Waals surface area contributed by atoms with Crippen molar-refractivity contribution in [3.8, 4) is 11.3 Å². The number of hydrogen-bond donors (Lipinski definition) is 0. The molecule has 0 bridgehead atoms. The molecular weight excluding hydrogens is 360 g/mol. The summed E-state index contributed by atoms with van der Waals surface area (Å²) in [6.45, 7) is 4.42. The molecule has 0 unspecified atom stereocenters. The third-order valence-corrected chi connectivity index (χ3v) is 5.19. The molecule has 6 heteroatoms. The Morgan fingerprint density at radius 1 is 0.963 bits per heavy atom. The van der Waals surface area contributed by atoms with Gasteiger partial charge < -0.3 is 0 Å². The molecule has 0 amide bonds. The van der Waals surface area contributed by atoms with Crippen LogP contribution < -0.4 is 5.56 Å². The maximum absolute atomic E-state index is 13.0. The van der Waals surface area contributed by atoms with E-state index in [4.69, 9.17) is 11.6 Å². The van der Waals surface area contributed by atoms with Gasteiger partial charge in [-0.3, -0.25) is 9.48 Å². The summed E-state index contributed by atoms with van der Waals surface area (Å²) in [5.41, 5.74) is 4.74. The monoisotopic (exact) mass is 378 g/mol. The Hall–Kier alpha value is -2.92. The molecule has 0 atom stereocenters. The van der Waals surface area contributed by atoms with E-state index in [1.165, 1.54) is 15.8 Å². The molecule has 0 aliphatic heterocycles. The summed E-state index contributed by atoms with van der Waals surface area (Å²) in [6, 6.07) is 15.6. The minimum absolute atomic E-state index is 0.139. The van der Waals surface area contributed by atoms with Crippen molar-refractivity contribution in [3.05, 3.63) is 80.9 Å². The first-order valence-electron chi connectivity index (χ1n) is 8.70. The number of aromatic nitrogens is 4. The van der Waals surface area contributed by atoms with Crippen molar-refractivity contribution in [3.63, 3.8) is 0 Å². The second-order valence-corrected chi connectivity index (χ2v) is 7.13. The number of aryl methyl sites for hydroxylation is 3. The van der Waals surface area contributed by atoms with E-state index in [1.807, 2.05) is 30.3 Å². The summed E-state index contributed by atoms with van der Waals surface area (Å²) in [7, 11) is 1.77. The second-order valence-electron chi connectivity index (χ2n) is 6.74. The highest BCUT2D eigenvalue weighted by Gasteiger charge is 2.14. The minimum atomic E-state index is -0.139. The van der Waals surface area contributed by atoms with Gasteiger partial charge in [-0.25, -0.2) is 4.68 Å². The van der Waals surface area contributed by atoms with Crippen molar-refractivity contribution in [1.82, 2.24) is 19.6 Å². The largest absolute Gasteiger partial charge is 0.275 e. The van der Waals surface area contributed by atoms with E-state index in [0.717, 1.165) is 16.6 Å². The van der Waals surface area contributed by atoms with Crippen LogP contribution in [0.5, 0.6) is 0 Å². The Bertz CT molecular complexity index is 1200. The van der Waals surface area contributed by atoms with Crippen LogP contribution in [0.3, 0.4) is 0 Å². The highest BCUT2D eigenvalue weighted by atomic mass is 35.5. The van der Waals surface area contributed by atoms with Crippen LogP contribution in [0.1, 0.15) is 16.8 Å². The van der Waals surface area contributed by atoms with Crippen molar-refractivity contribution in [2.75, 3.05) is 0 Å². The zero-order valence-corrected chi connectivity index (χ0v) is 16.2. The molecule has 0 aliphatic carbocycles. The number of benzene rings is 2. The van der Waals surface area contributed by atoms with Crippen molar-refractivity contribution < 1.29 is 0 Å². The SMILES string of the molecule is Cc1ccc(-c2nn(Cc3cc(Cl)n(C)n3)c(=O)c3ccccc23)cc1C. The highest BCUT2D eigenvalue weighted by molar-refractivity contribution is 6.29. The fourth-order valence-electron chi connectivity index (χ4n) is 3.18. The quantitative estimate of drug-likeness (QED) is 0.539. The average molecular weight is 379 g/mol. The third kappa shape index (κ3) is 3.15. The Labute approximate surface area is 161 Å². The second kappa shape index (κ2) is 6.67. The Morgan fingerprint density at radius 3 is 2.37 bits per heavy atom. The van der Waals surface area contributed by atoms with Crippen molar-refractivity contribution >= 4 is 22.4 Å². The average Bonchev–Trinajstić information content (AvgIpc) is 2.97. The molecule has 2 aromatic heterocycles. The minimum Gasteiger partial charge on any atom is -0.267 e. The molecule has 136 valence electrons. The molecular formula is C21H19ClN4O. The number of nitrogens with zero attached hydrogens (tertiary/aromatic N) is 4. The van der Waals surface area contributed by atoms with Crippen LogP contribution in [0.2, 0.25) is 5.15 Å². The van der Waals surface area contributed by atoms with E-state index >= 15 is 0 Å². The fraction of sp³-hybridized carbons (Fsp3) is 0.190. The number of halogens is 1. The first-order valence-corrected chi connectivity index (χ1v) is 9.08. The van der Waals surface area contributed by atoms with Crippen LogP contribution in [-0.4, -0.2) is 19.6 Å². The van der Waals surface area contributed by atoms with E-state index < -0.39 is 0 Å². The molecule has 0 spiro atoms. The maximum atomic E-state index is 13.0. The smallest absolute Gasteiger partial charge is 0.267 e. The zero-order valence-electron chi connectivity index (χ0n) is 15.4. The molecule has 4 aromatic rings. The molecule has 0 saturated carbocycles. The lowest BCUT2D eigenvalue weighted by Crippen LogP contribution is -2.24. The van der Waals surface area contributed by atoms with Gasteiger partial charge in [0.05, 0.1) is 23.3 Å². The molecule has 2 heterocycles. The summed E-state index contributed by atoms with van der Waals surface area (Å²) >= 11 is 6.08. The normalized spacial score (nSPS) is 11.3. The lowest BCUT2D eigenvalue weighted by atomic mass is 10.0. The Morgan fingerprint density at radius 2 is 1.70 bits per heavy atom. The van der Waals surface area contributed by atoms with Gasteiger partial charge >= 0.3 is 0 Å². The summed E-state index contributed by atoms with van der Waals surface area (Å²) in [5.74, 6) is 0. The fourth-order valence-corrected chi connectivity index (χ4v) is 3.34. The summed E-state index contributed by atoms with van der Waals surface area (Å²) in [6.07, 6.45) is 0. The van der Waals surface area contributed by atoms with Gasteiger partial charge in [-0.05, 0) is 37.1 Å². The summed E-state index contributed by atoms with van der Waals surface area (Å²) < 4.78 is 3.04. The van der Waals surface area contributed by atoms with Gasteiger partial charge in [0, 0.05) is 24.1 Å². The lowest BCUT2D eigenvalue weighted by Gasteiger charge is -2.11. The van der Waals surface area contributed by atoms with Crippen LogP contribution >= 0.6 is 11.6 Å². The van der Waals surface area contributed by atoms with Crippen LogP contribution in [0.25, 0.3) is 22.0 Å². The molecule has 2 aromatic carbocycles. The number of fused-ring (bicyclic) bond motifs is 1. The van der Waals surface area contributed by atoms with E-state index in [9.17, 15) is 4.79 Å². The summed E-state index contributed by atoms with van der Waals surface area (Å²) in [5, 5.41) is 11.0. The predicted molar refractivity (Wildman–Crippen MR) is 108 cm³/mol. The van der Waals surface area contributed by atoms with Gasteiger partial charge in [0.2, 0.25) is 0 Å². The predicted octanol–water partition coefficient (Wildman–Crippen LogP) is 4.12. The van der Waals surface area contributed by atoms with Gasteiger partial charge in [0.1, 0.15) is 5.15 Å². The molecule has 0 N–H and O–H groups in total. The highest BCUT2D eigenvalue weighted by Crippen LogP contribution is 2.26. The Kier molecular flexibility index (Phi) is 4.32. The van der Waals surface area contributed by atoms with Gasteiger partial charge in [-0.1, -0.05) is 41.9 Å². The molecule has 4 rings (SSSR count). The molecule has 5 nitrogen and oxygen atoms in total. The Balaban J connectivity index is 1.93. The topological polar surface area (TPSA) is 52.7 Å².